The number of amides is 2. The summed E-state index contributed by atoms with van der Waals surface area (Å²) in [6.07, 6.45) is 4.01. The fourth-order valence-electron chi connectivity index (χ4n) is 2.46. The van der Waals surface area contributed by atoms with Crippen LogP contribution >= 0.6 is 0 Å². The highest BCUT2D eigenvalue weighted by atomic mass is 16.2. The van der Waals surface area contributed by atoms with Crippen molar-refractivity contribution in [3.05, 3.63) is 26.7 Å². The van der Waals surface area contributed by atoms with Crippen molar-refractivity contribution in [1.82, 2.24) is 14.9 Å². The van der Waals surface area contributed by atoms with E-state index in [0.717, 1.165) is 0 Å². The molecule has 0 bridgehead atoms. The Morgan fingerprint density at radius 2 is 1.95 bits per heavy atom. The monoisotopic (exact) mass is 275 g/mol. The Labute approximate surface area is 115 Å². The molecule has 20 heavy (non-hydrogen) atoms. The highest BCUT2D eigenvalue weighted by molar-refractivity contribution is 5.99. The molecule has 0 aliphatic carbocycles. The number of imide groups is 1. The number of nitrogens with one attached hydrogen (secondary N) is 1. The van der Waals surface area contributed by atoms with Crippen molar-refractivity contribution in [3.63, 3.8) is 0 Å². The van der Waals surface area contributed by atoms with Crippen LogP contribution in [0.2, 0.25) is 0 Å². The van der Waals surface area contributed by atoms with Crippen LogP contribution in [-0.4, -0.2) is 21.4 Å². The summed E-state index contributed by atoms with van der Waals surface area (Å²) in [7, 11) is 0. The number of piperidine rings is 1. The third kappa shape index (κ3) is 2.29. The molecule has 6 nitrogen and oxygen atoms in total. The molecule has 1 atom stereocenters. The molecule has 1 fully saturated rings. The zero-order valence-electron chi connectivity index (χ0n) is 11.8. The van der Waals surface area contributed by atoms with Gasteiger partial charge in [-0.25, -0.2) is 4.98 Å². The average molecular weight is 275 g/mol. The molecule has 0 radical (unpaired) electrons. The number of aryl methyl sites for hydroxylation is 1. The Balaban J connectivity index is 2.68. The molecular formula is C14H17N3O3. The van der Waals surface area contributed by atoms with E-state index in [9.17, 15) is 14.4 Å². The third-order valence-corrected chi connectivity index (χ3v) is 3.44. The first kappa shape index (κ1) is 14.2. The van der Waals surface area contributed by atoms with Crippen LogP contribution in [0.3, 0.4) is 0 Å². The molecule has 1 N–H and O–H groups in total. The summed E-state index contributed by atoms with van der Waals surface area (Å²) in [4.78, 5) is 40.0. The highest BCUT2D eigenvalue weighted by Crippen LogP contribution is 2.16. The van der Waals surface area contributed by atoms with Crippen LogP contribution in [0, 0.1) is 6.92 Å². The van der Waals surface area contributed by atoms with Gasteiger partial charge >= 0.3 is 0 Å². The van der Waals surface area contributed by atoms with Crippen molar-refractivity contribution in [2.75, 3.05) is 0 Å². The van der Waals surface area contributed by atoms with Gasteiger partial charge in [0.25, 0.3) is 5.56 Å². The largest absolute Gasteiger partial charge is 0.295 e. The SMILES string of the molecule is C/C=c1/nc(C)n(C2CCC(=O)NC2=O)c(=O)/c1=C/C. The van der Waals surface area contributed by atoms with E-state index < -0.39 is 11.9 Å². The Bertz CT molecular complexity index is 746. The van der Waals surface area contributed by atoms with Crippen LogP contribution in [0.5, 0.6) is 0 Å². The Kier molecular flexibility index (Phi) is 3.83. The van der Waals surface area contributed by atoms with E-state index in [4.69, 9.17) is 0 Å². The summed E-state index contributed by atoms with van der Waals surface area (Å²) in [5.74, 6) is -0.266. The predicted octanol–water partition coefficient (Wildman–Crippen LogP) is -0.870. The number of aromatic nitrogens is 2. The molecule has 1 saturated heterocycles. The van der Waals surface area contributed by atoms with Gasteiger partial charge in [-0.15, -0.1) is 0 Å². The van der Waals surface area contributed by atoms with E-state index in [2.05, 4.69) is 10.3 Å². The number of carbonyl (C=O) groups excluding carboxylic acids is 2. The van der Waals surface area contributed by atoms with Crippen molar-refractivity contribution < 1.29 is 9.59 Å². The van der Waals surface area contributed by atoms with Crippen molar-refractivity contribution >= 4 is 24.0 Å². The second-order valence-corrected chi connectivity index (χ2v) is 4.68. The van der Waals surface area contributed by atoms with Crippen LogP contribution in [0.4, 0.5) is 0 Å². The standard InChI is InChI=1S/C14H17N3O3/c1-4-9-10(5-2)15-8(3)17(14(9)20)11-6-7-12(18)16-13(11)19/h4-5,11H,6-7H2,1-3H3,(H,16,18,19)/b9-4+,10-5+. The maximum Gasteiger partial charge on any atom is 0.261 e. The maximum atomic E-state index is 12.5. The molecule has 2 heterocycles. The normalized spacial score (nSPS) is 21.2. The van der Waals surface area contributed by atoms with Crippen LogP contribution in [0.25, 0.3) is 12.2 Å². The van der Waals surface area contributed by atoms with Gasteiger partial charge in [0.15, 0.2) is 0 Å². The first-order valence-corrected chi connectivity index (χ1v) is 6.55. The van der Waals surface area contributed by atoms with Crippen molar-refractivity contribution in [2.45, 2.75) is 39.7 Å². The molecule has 0 spiro atoms. The van der Waals surface area contributed by atoms with E-state index in [1.54, 1.807) is 26.0 Å². The van der Waals surface area contributed by atoms with Gasteiger partial charge in [-0.3, -0.25) is 24.3 Å². The van der Waals surface area contributed by atoms with E-state index in [1.165, 1.54) is 4.57 Å². The summed E-state index contributed by atoms with van der Waals surface area (Å²) in [5.41, 5.74) is -0.248. The summed E-state index contributed by atoms with van der Waals surface area (Å²) in [6.45, 7) is 5.26. The lowest BCUT2D eigenvalue weighted by molar-refractivity contribution is -0.135. The lowest BCUT2D eigenvalue weighted by Gasteiger charge is -2.24. The first-order valence-electron chi connectivity index (χ1n) is 6.55. The van der Waals surface area contributed by atoms with Crippen molar-refractivity contribution in [3.8, 4) is 0 Å². The second-order valence-electron chi connectivity index (χ2n) is 4.68. The molecule has 2 rings (SSSR count). The quantitative estimate of drug-likeness (QED) is 0.676. The van der Waals surface area contributed by atoms with Gasteiger partial charge in [0.2, 0.25) is 11.8 Å². The minimum absolute atomic E-state index is 0.231. The van der Waals surface area contributed by atoms with Crippen molar-refractivity contribution in [2.24, 2.45) is 0 Å². The minimum Gasteiger partial charge on any atom is -0.295 e. The van der Waals surface area contributed by atoms with Gasteiger partial charge in [-0.05, 0) is 27.2 Å². The average Bonchev–Trinajstić information content (AvgIpc) is 2.40. The predicted molar refractivity (Wildman–Crippen MR) is 74.2 cm³/mol. The molecule has 106 valence electrons. The first-order chi connectivity index (χ1) is 9.49. The number of hydrogen-bond acceptors (Lipinski definition) is 4. The minimum atomic E-state index is -0.669. The topological polar surface area (TPSA) is 81.1 Å². The molecule has 2 amide bonds. The number of rotatable bonds is 1. The maximum absolute atomic E-state index is 12.5. The van der Waals surface area contributed by atoms with E-state index >= 15 is 0 Å². The zero-order valence-corrected chi connectivity index (χ0v) is 11.8. The van der Waals surface area contributed by atoms with Crippen LogP contribution in [0.15, 0.2) is 4.79 Å². The number of nitrogens with zero attached hydrogens (tertiary/aromatic N) is 2. The fraction of sp³-hybridized carbons (Fsp3) is 0.429. The molecular weight excluding hydrogens is 258 g/mol. The van der Waals surface area contributed by atoms with E-state index in [-0.39, 0.29) is 17.9 Å². The van der Waals surface area contributed by atoms with Crippen molar-refractivity contribution in [1.29, 1.82) is 0 Å². The molecule has 0 saturated carbocycles. The summed E-state index contributed by atoms with van der Waals surface area (Å²) in [6, 6.07) is -0.669. The fourth-order valence-corrected chi connectivity index (χ4v) is 2.46. The van der Waals surface area contributed by atoms with Crippen LogP contribution in [-0.2, 0) is 9.59 Å². The number of hydrogen-bond donors (Lipinski definition) is 1. The number of carbonyl (C=O) groups is 2. The van der Waals surface area contributed by atoms with Gasteiger partial charge in [-0.2, -0.15) is 0 Å². The highest BCUT2D eigenvalue weighted by Gasteiger charge is 2.30. The Hall–Kier alpha value is -2.24. The van der Waals surface area contributed by atoms with E-state index in [1.807, 2.05) is 6.92 Å². The lowest BCUT2D eigenvalue weighted by Crippen LogP contribution is -2.52. The van der Waals surface area contributed by atoms with Crippen LogP contribution < -0.4 is 21.4 Å². The smallest absolute Gasteiger partial charge is 0.261 e. The van der Waals surface area contributed by atoms with Gasteiger partial charge in [0.1, 0.15) is 11.9 Å². The molecule has 1 aliphatic heterocycles. The Morgan fingerprint density at radius 3 is 2.50 bits per heavy atom. The third-order valence-electron chi connectivity index (χ3n) is 3.44. The molecule has 1 unspecified atom stereocenters. The summed E-state index contributed by atoms with van der Waals surface area (Å²) >= 11 is 0. The van der Waals surface area contributed by atoms with Gasteiger partial charge in [-0.1, -0.05) is 12.2 Å². The van der Waals surface area contributed by atoms with Gasteiger partial charge in [0.05, 0.1) is 10.6 Å². The van der Waals surface area contributed by atoms with Gasteiger partial charge < -0.3 is 0 Å². The molecule has 0 aromatic carbocycles. The second kappa shape index (κ2) is 5.40. The lowest BCUT2D eigenvalue weighted by atomic mass is 10.1. The Morgan fingerprint density at radius 1 is 1.25 bits per heavy atom. The van der Waals surface area contributed by atoms with Crippen LogP contribution in [0.1, 0.15) is 38.6 Å². The summed E-state index contributed by atoms with van der Waals surface area (Å²) < 4.78 is 1.38. The zero-order chi connectivity index (χ0) is 14.9. The molecule has 1 aliphatic rings. The van der Waals surface area contributed by atoms with E-state index in [0.29, 0.717) is 22.8 Å². The summed E-state index contributed by atoms with van der Waals surface area (Å²) in [5, 5.41) is 3.35. The molecule has 1 aromatic heterocycles. The molecule has 1 aromatic rings. The molecule has 6 heteroatoms. The van der Waals surface area contributed by atoms with Gasteiger partial charge in [0, 0.05) is 6.42 Å².